The molecule has 0 aliphatic carbocycles. The molecule has 0 saturated carbocycles. The number of aromatic nitrogens is 4. The Morgan fingerprint density at radius 1 is 0.325 bits per heavy atom. The van der Waals surface area contributed by atoms with Gasteiger partial charge in [0.2, 0.25) is 0 Å². The van der Waals surface area contributed by atoms with Crippen molar-refractivity contribution in [3.63, 3.8) is 0 Å². The summed E-state index contributed by atoms with van der Waals surface area (Å²) in [5.74, 6) is -0.638. The van der Waals surface area contributed by atoms with Gasteiger partial charge < -0.3 is 50.8 Å². The van der Waals surface area contributed by atoms with Crippen LogP contribution in [0.25, 0.3) is 90.9 Å². The Kier molecular flexibility index (Phi) is 17.7. The number of fused-ring (bicyclic) bond motifs is 8. The number of carbonyl (C=O) groups is 4. The van der Waals surface area contributed by atoms with Gasteiger partial charge >= 0.3 is 0 Å². The Bertz CT molecular complexity index is 3160. The number of carbonyl (C=O) groups excluding carboxylic acids is 4. The standard InChI is InChI=1S/C64H70N12O4/c1-73(2)37-33-65-61(77)45-17-9-41(10-18-45)57-49-25-27-51(69-49)58(42-11-19-46(20-12-42)62(78)66-34-38-74(3)4)53-29-31-55(71-53)60(44-15-23-48(24-16-44)64(80)68-36-40-76(7)8)56-32-30-54(72-56)59(52-28-26-50(57)70-52)43-13-21-47(22-14-43)63(79)67-35-39-75(5)6/h9-32,69,72H,33-40H2,1-8H3,(H,65,77)(H,66,78)(H,67,79)(H,68,80). The second-order valence-electron chi connectivity index (χ2n) is 21.0. The lowest BCUT2D eigenvalue weighted by Crippen LogP contribution is -2.31. The Hall–Kier alpha value is -8.80. The second kappa shape index (κ2) is 25.3. The van der Waals surface area contributed by atoms with Crippen LogP contribution in [0.2, 0.25) is 0 Å². The third kappa shape index (κ3) is 13.4. The molecule has 2 aliphatic rings. The molecule has 6 N–H and O–H groups in total. The van der Waals surface area contributed by atoms with E-state index in [9.17, 15) is 19.2 Å². The highest BCUT2D eigenvalue weighted by Gasteiger charge is 2.21. The van der Waals surface area contributed by atoms with Gasteiger partial charge in [-0.2, -0.15) is 0 Å². The van der Waals surface area contributed by atoms with E-state index < -0.39 is 0 Å². The fraction of sp³-hybridized carbons (Fsp3) is 0.250. The summed E-state index contributed by atoms with van der Waals surface area (Å²) in [5, 5.41) is 12.1. The van der Waals surface area contributed by atoms with Crippen molar-refractivity contribution in [2.24, 2.45) is 0 Å². The average Bonchev–Trinajstić information content (AvgIpc) is 4.30. The first kappa shape index (κ1) is 55.9. The zero-order valence-corrected chi connectivity index (χ0v) is 46.8. The van der Waals surface area contributed by atoms with Crippen LogP contribution in [0, 0.1) is 0 Å². The Morgan fingerprint density at radius 2 is 0.525 bits per heavy atom. The molecule has 9 rings (SSSR count). The zero-order valence-electron chi connectivity index (χ0n) is 46.8. The number of benzene rings is 4. The van der Waals surface area contributed by atoms with E-state index in [2.05, 4.69) is 31.2 Å². The number of hydrogen-bond acceptors (Lipinski definition) is 10. The molecular weight excluding hydrogens is 1000 g/mol. The largest absolute Gasteiger partial charge is 0.354 e. The molecule has 80 heavy (non-hydrogen) atoms. The normalized spacial score (nSPS) is 11.9. The van der Waals surface area contributed by atoms with Crippen molar-refractivity contribution in [2.75, 3.05) is 109 Å². The molecule has 0 atom stereocenters. The van der Waals surface area contributed by atoms with Crippen molar-refractivity contribution in [2.45, 2.75) is 0 Å². The van der Waals surface area contributed by atoms with Gasteiger partial charge in [0.1, 0.15) is 0 Å². The predicted octanol–water partition coefficient (Wildman–Crippen LogP) is 8.49. The molecule has 0 saturated heterocycles. The molecule has 0 spiro atoms. The minimum absolute atomic E-state index is 0.159. The summed E-state index contributed by atoms with van der Waals surface area (Å²) in [5.41, 5.74) is 14.5. The first-order valence-electron chi connectivity index (χ1n) is 26.9. The summed E-state index contributed by atoms with van der Waals surface area (Å²) < 4.78 is 0. The van der Waals surface area contributed by atoms with E-state index in [1.165, 1.54) is 0 Å². The van der Waals surface area contributed by atoms with Crippen molar-refractivity contribution in [1.82, 2.24) is 60.8 Å². The fourth-order valence-electron chi connectivity index (χ4n) is 9.55. The number of rotatable bonds is 20. The SMILES string of the molecule is CN(C)CCNC(=O)c1ccc(-c2c3nc(c(-c4ccc(C(=O)NCCN(C)C)cc4)c4ccc([nH]4)c(-c4ccc(C(=O)NCCN(C)C)cc4)c4nc(c(-c5ccc(C(=O)NCCN(C)C)cc5)c5ccc2[nH]5)C=C4)C=C3)cc1. The Balaban J connectivity index is 1.28. The van der Waals surface area contributed by atoms with Crippen LogP contribution in [-0.4, -0.2) is 172 Å². The van der Waals surface area contributed by atoms with Gasteiger partial charge in [-0.1, -0.05) is 48.5 Å². The smallest absolute Gasteiger partial charge is 0.251 e. The van der Waals surface area contributed by atoms with Gasteiger partial charge in [-0.15, -0.1) is 0 Å². The average molecular weight is 1070 g/mol. The fourth-order valence-corrected chi connectivity index (χ4v) is 9.55. The van der Waals surface area contributed by atoms with E-state index in [-0.39, 0.29) is 23.6 Å². The maximum Gasteiger partial charge on any atom is 0.251 e. The highest BCUT2D eigenvalue weighted by atomic mass is 16.2. The molecule has 5 heterocycles. The number of amides is 4. The van der Waals surface area contributed by atoms with Crippen molar-refractivity contribution < 1.29 is 19.2 Å². The molecule has 4 aromatic carbocycles. The van der Waals surface area contributed by atoms with E-state index in [0.717, 1.165) is 66.6 Å². The molecule has 0 radical (unpaired) electrons. The van der Waals surface area contributed by atoms with Crippen LogP contribution in [0.3, 0.4) is 0 Å². The van der Waals surface area contributed by atoms with Crippen LogP contribution in [-0.2, 0) is 0 Å². The van der Waals surface area contributed by atoms with E-state index in [4.69, 9.17) is 9.97 Å². The quantitative estimate of drug-likeness (QED) is 0.0433. The minimum Gasteiger partial charge on any atom is -0.354 e. The summed E-state index contributed by atoms with van der Waals surface area (Å²) in [6.07, 6.45) is 8.04. The lowest BCUT2D eigenvalue weighted by atomic mass is 10.0. The molecular formula is C64H70N12O4. The van der Waals surface area contributed by atoms with Crippen LogP contribution in [0.4, 0.5) is 0 Å². The summed E-state index contributed by atoms with van der Waals surface area (Å²) in [7, 11) is 15.8. The van der Waals surface area contributed by atoms with Gasteiger partial charge in [-0.25, -0.2) is 9.97 Å². The van der Waals surface area contributed by atoms with Gasteiger partial charge in [-0.3, -0.25) is 19.2 Å². The summed E-state index contributed by atoms with van der Waals surface area (Å²) in [6.45, 7) is 4.91. The predicted molar refractivity (Wildman–Crippen MR) is 324 cm³/mol. The zero-order chi connectivity index (χ0) is 56.5. The van der Waals surface area contributed by atoms with Crippen LogP contribution < -0.4 is 21.3 Å². The number of aromatic amines is 2. The van der Waals surface area contributed by atoms with Crippen LogP contribution in [0.5, 0.6) is 0 Å². The Morgan fingerprint density at radius 3 is 0.713 bits per heavy atom. The van der Waals surface area contributed by atoms with Crippen LogP contribution in [0.1, 0.15) is 64.2 Å². The van der Waals surface area contributed by atoms with E-state index in [1.807, 2.05) is 222 Å². The van der Waals surface area contributed by atoms with Gasteiger partial charge in [-0.05, 0) is 176 Å². The number of hydrogen-bond donors (Lipinski definition) is 6. The highest BCUT2D eigenvalue weighted by molar-refractivity contribution is 6.02. The lowest BCUT2D eigenvalue weighted by molar-refractivity contribution is 0.0942. The third-order valence-corrected chi connectivity index (χ3v) is 13.9. The van der Waals surface area contributed by atoms with Crippen LogP contribution in [0.15, 0.2) is 121 Å². The van der Waals surface area contributed by atoms with Gasteiger partial charge in [0.25, 0.3) is 23.6 Å². The topological polar surface area (TPSA) is 187 Å². The van der Waals surface area contributed by atoms with Crippen molar-refractivity contribution in [3.8, 4) is 44.5 Å². The summed E-state index contributed by atoms with van der Waals surface area (Å²) >= 11 is 0. The van der Waals surface area contributed by atoms with E-state index in [0.29, 0.717) is 97.4 Å². The molecule has 410 valence electrons. The highest BCUT2D eigenvalue weighted by Crippen LogP contribution is 2.39. The van der Waals surface area contributed by atoms with Crippen molar-refractivity contribution in [3.05, 3.63) is 166 Å². The summed E-state index contributed by atoms with van der Waals surface area (Å²) in [6, 6.07) is 38.5. The number of H-pyrrole nitrogens is 2. The molecule has 2 aliphatic heterocycles. The van der Waals surface area contributed by atoms with Crippen LogP contribution >= 0.6 is 0 Å². The van der Waals surface area contributed by atoms with Gasteiger partial charge in [0, 0.05) is 119 Å². The van der Waals surface area contributed by atoms with Gasteiger partial charge in [0.05, 0.1) is 22.8 Å². The van der Waals surface area contributed by atoms with E-state index in [1.54, 1.807) is 0 Å². The van der Waals surface area contributed by atoms with Crippen molar-refractivity contribution in [1.29, 1.82) is 0 Å². The second-order valence-corrected chi connectivity index (χ2v) is 21.0. The summed E-state index contributed by atoms with van der Waals surface area (Å²) in [4.78, 5) is 79.9. The first-order valence-corrected chi connectivity index (χ1v) is 26.9. The minimum atomic E-state index is -0.159. The maximum atomic E-state index is 13.3. The number of likely N-dealkylation sites (N-methyl/N-ethyl adjacent to an activating group) is 4. The molecule has 0 fully saturated rings. The number of nitrogens with zero attached hydrogens (tertiary/aromatic N) is 6. The Labute approximate surface area is 467 Å². The first-order chi connectivity index (χ1) is 38.6. The maximum absolute atomic E-state index is 13.3. The van der Waals surface area contributed by atoms with Crippen molar-refractivity contribution >= 4 is 70.0 Å². The molecule has 4 amide bonds. The lowest BCUT2D eigenvalue weighted by Gasteiger charge is -2.11. The van der Waals surface area contributed by atoms with Gasteiger partial charge in [0.15, 0.2) is 0 Å². The van der Waals surface area contributed by atoms with E-state index >= 15 is 0 Å². The molecule has 8 bridgehead atoms. The molecule has 0 unspecified atom stereocenters. The third-order valence-electron chi connectivity index (χ3n) is 13.9. The monoisotopic (exact) mass is 1070 g/mol. The molecule has 16 heteroatoms. The number of nitrogens with one attached hydrogen (secondary N) is 6. The molecule has 7 aromatic rings. The molecule has 3 aromatic heterocycles. The molecule has 16 nitrogen and oxygen atoms in total.